The third-order valence-electron chi connectivity index (χ3n) is 3.86. The van der Waals surface area contributed by atoms with Crippen molar-refractivity contribution >= 4 is 17.3 Å². The number of aromatic nitrogens is 2. The first kappa shape index (κ1) is 18.1. The van der Waals surface area contributed by atoms with Gasteiger partial charge in [0.15, 0.2) is 0 Å². The first-order valence-electron chi connectivity index (χ1n) is 8.52. The van der Waals surface area contributed by atoms with Gasteiger partial charge in [-0.25, -0.2) is 9.13 Å². The molecule has 0 aliphatic carbocycles. The summed E-state index contributed by atoms with van der Waals surface area (Å²) >= 11 is 0. The minimum absolute atomic E-state index is 0.856. The van der Waals surface area contributed by atoms with Crippen LogP contribution < -0.4 is 20.9 Å². The molecule has 0 saturated heterocycles. The Morgan fingerprint density at radius 3 is 2.38 bits per heavy atom. The lowest BCUT2D eigenvalue weighted by Crippen LogP contribution is -2.51. The third kappa shape index (κ3) is 4.87. The number of imidazole rings is 1. The molecule has 0 fully saturated rings. The van der Waals surface area contributed by atoms with Crippen LogP contribution in [0.3, 0.4) is 0 Å². The largest absolute Gasteiger partial charge is 0.421 e. The Balaban J connectivity index is 2.19. The van der Waals surface area contributed by atoms with Gasteiger partial charge in [0.2, 0.25) is 0 Å². The SMILES string of the molecule is CN(C)c1ccc(N=Nc2n(CCC[NH3+])cc[n+]2CCC[NH3+])cc1. The van der Waals surface area contributed by atoms with Crippen molar-refractivity contribution in [3.8, 4) is 0 Å². The lowest BCUT2D eigenvalue weighted by atomic mass is 10.3. The van der Waals surface area contributed by atoms with Crippen molar-refractivity contribution in [1.29, 1.82) is 0 Å². The maximum Gasteiger partial charge on any atom is 0.421 e. The highest BCUT2D eigenvalue weighted by atomic mass is 15.3. The fourth-order valence-electron chi connectivity index (χ4n) is 2.41. The van der Waals surface area contributed by atoms with Crippen LogP contribution in [0.25, 0.3) is 0 Å². The molecule has 0 aliphatic rings. The van der Waals surface area contributed by atoms with Crippen molar-refractivity contribution < 1.29 is 16.0 Å². The molecule has 1 aromatic carbocycles. The van der Waals surface area contributed by atoms with Crippen LogP contribution in [-0.4, -0.2) is 31.8 Å². The molecule has 2 rings (SSSR count). The van der Waals surface area contributed by atoms with Crippen molar-refractivity contribution in [3.05, 3.63) is 36.7 Å². The van der Waals surface area contributed by atoms with Crippen LogP contribution in [0.4, 0.5) is 17.3 Å². The van der Waals surface area contributed by atoms with Crippen molar-refractivity contribution in [2.24, 2.45) is 10.2 Å². The summed E-state index contributed by atoms with van der Waals surface area (Å²) in [6.07, 6.45) is 6.21. The van der Waals surface area contributed by atoms with Gasteiger partial charge >= 0.3 is 5.95 Å². The molecule has 0 aliphatic heterocycles. The van der Waals surface area contributed by atoms with Gasteiger partial charge in [-0.2, -0.15) is 0 Å². The molecule has 0 bridgehead atoms. The number of rotatable bonds is 9. The average Bonchev–Trinajstić information content (AvgIpc) is 2.98. The van der Waals surface area contributed by atoms with E-state index in [0.29, 0.717) is 0 Å². The fourth-order valence-corrected chi connectivity index (χ4v) is 2.41. The maximum atomic E-state index is 4.51. The summed E-state index contributed by atoms with van der Waals surface area (Å²) in [5.41, 5.74) is 9.84. The van der Waals surface area contributed by atoms with Gasteiger partial charge in [0, 0.05) is 37.7 Å². The van der Waals surface area contributed by atoms with E-state index in [1.54, 1.807) is 0 Å². The number of azo groups is 1. The highest BCUT2D eigenvalue weighted by Crippen LogP contribution is 2.20. The minimum atomic E-state index is 0.856. The van der Waals surface area contributed by atoms with Crippen molar-refractivity contribution in [3.63, 3.8) is 0 Å². The van der Waals surface area contributed by atoms with E-state index in [1.165, 1.54) is 0 Å². The van der Waals surface area contributed by atoms with E-state index in [4.69, 9.17) is 0 Å². The molecule has 0 amide bonds. The van der Waals surface area contributed by atoms with Crippen molar-refractivity contribution in [2.75, 3.05) is 32.1 Å². The Labute approximate surface area is 143 Å². The summed E-state index contributed by atoms with van der Waals surface area (Å²) in [5, 5.41) is 8.93. The molecule has 1 heterocycles. The number of aryl methyl sites for hydroxylation is 2. The second-order valence-corrected chi connectivity index (χ2v) is 6.01. The van der Waals surface area contributed by atoms with E-state index in [0.717, 1.165) is 56.3 Å². The molecule has 0 atom stereocenters. The second-order valence-electron chi connectivity index (χ2n) is 6.01. The van der Waals surface area contributed by atoms with Gasteiger partial charge in [0.1, 0.15) is 5.69 Å². The smallest absolute Gasteiger partial charge is 0.378 e. The van der Waals surface area contributed by atoms with Crippen LogP contribution in [0.1, 0.15) is 12.8 Å². The van der Waals surface area contributed by atoms with E-state index >= 15 is 0 Å². The number of hydrogen-bond donors (Lipinski definition) is 2. The molecule has 6 N–H and O–H groups in total. The zero-order valence-corrected chi connectivity index (χ0v) is 14.9. The normalized spacial score (nSPS) is 11.3. The Hall–Kier alpha value is -2.25. The Morgan fingerprint density at radius 1 is 1.04 bits per heavy atom. The predicted molar refractivity (Wildman–Crippen MR) is 94.3 cm³/mol. The van der Waals surface area contributed by atoms with Crippen LogP contribution in [0, 0.1) is 0 Å². The highest BCUT2D eigenvalue weighted by Gasteiger charge is 2.16. The maximum absolute atomic E-state index is 4.51. The molecule has 0 saturated carbocycles. The van der Waals surface area contributed by atoms with E-state index in [-0.39, 0.29) is 0 Å². The summed E-state index contributed by atoms with van der Waals surface area (Å²) in [7, 11) is 4.05. The molecule has 0 spiro atoms. The van der Waals surface area contributed by atoms with Gasteiger partial charge in [-0.3, -0.25) is 0 Å². The first-order valence-corrected chi connectivity index (χ1v) is 8.52. The lowest BCUT2D eigenvalue weighted by molar-refractivity contribution is -0.686. The van der Waals surface area contributed by atoms with E-state index in [2.05, 4.69) is 48.1 Å². The van der Waals surface area contributed by atoms with Gasteiger partial charge in [0.05, 0.1) is 38.6 Å². The molecule has 2 aromatic rings. The lowest BCUT2D eigenvalue weighted by Gasteiger charge is -2.11. The molecule has 7 nitrogen and oxygen atoms in total. The van der Waals surface area contributed by atoms with Crippen LogP contribution >= 0.6 is 0 Å². The molecule has 1 aromatic heterocycles. The zero-order chi connectivity index (χ0) is 17.4. The first-order chi connectivity index (χ1) is 11.7. The number of nitrogens with zero attached hydrogens (tertiary/aromatic N) is 5. The van der Waals surface area contributed by atoms with Crippen LogP contribution in [0.15, 0.2) is 46.9 Å². The summed E-state index contributed by atoms with van der Waals surface area (Å²) in [4.78, 5) is 2.07. The monoisotopic (exact) mass is 332 g/mol. The summed E-state index contributed by atoms with van der Waals surface area (Å²) in [6.45, 7) is 3.66. The highest BCUT2D eigenvalue weighted by molar-refractivity contribution is 5.51. The second kappa shape index (κ2) is 9.14. The Morgan fingerprint density at radius 2 is 1.75 bits per heavy atom. The quantitative estimate of drug-likeness (QED) is 0.508. The summed E-state index contributed by atoms with van der Waals surface area (Å²) in [5.74, 6) is 0.883. The summed E-state index contributed by atoms with van der Waals surface area (Å²) in [6, 6.07) is 8.07. The molecule has 0 unspecified atom stereocenters. The van der Waals surface area contributed by atoms with Crippen LogP contribution in [0.5, 0.6) is 0 Å². The predicted octanol–water partition coefficient (Wildman–Crippen LogP) is 0.521. The number of quaternary nitrogens is 2. The van der Waals surface area contributed by atoms with Gasteiger partial charge in [-0.05, 0) is 24.3 Å². The number of anilines is 1. The van der Waals surface area contributed by atoms with E-state index < -0.39 is 0 Å². The van der Waals surface area contributed by atoms with Gasteiger partial charge in [-0.1, -0.05) is 5.11 Å². The third-order valence-corrected chi connectivity index (χ3v) is 3.86. The van der Waals surface area contributed by atoms with Gasteiger partial charge in [0.25, 0.3) is 0 Å². The van der Waals surface area contributed by atoms with E-state index in [9.17, 15) is 0 Å². The topological polar surface area (TPSA) is 92.0 Å². The van der Waals surface area contributed by atoms with E-state index in [1.807, 2.05) is 38.4 Å². The standard InChI is InChI=1S/C17H28N7/c1-22(2)16-7-5-15(6-8-16)20-21-17-23(11-3-9-18)13-14-24(17)12-4-10-19/h5-8,13-14H,3-4,9-12,18-19H2,1-2H3/q+1/p+2. The van der Waals surface area contributed by atoms with Crippen molar-refractivity contribution in [1.82, 2.24) is 4.57 Å². The van der Waals surface area contributed by atoms with Crippen LogP contribution in [0.2, 0.25) is 0 Å². The zero-order valence-electron chi connectivity index (χ0n) is 14.9. The minimum Gasteiger partial charge on any atom is -0.378 e. The van der Waals surface area contributed by atoms with Crippen LogP contribution in [-0.2, 0) is 13.1 Å². The van der Waals surface area contributed by atoms with Gasteiger partial charge < -0.3 is 16.4 Å². The molecule has 24 heavy (non-hydrogen) atoms. The molecular weight excluding hydrogens is 302 g/mol. The molecule has 0 radical (unpaired) electrons. The molecule has 130 valence electrons. The van der Waals surface area contributed by atoms with Gasteiger partial charge in [-0.15, -0.1) is 0 Å². The summed E-state index contributed by atoms with van der Waals surface area (Å²) < 4.78 is 4.29. The fraction of sp³-hybridized carbons (Fsp3) is 0.471. The van der Waals surface area contributed by atoms with Crippen molar-refractivity contribution in [2.45, 2.75) is 25.9 Å². The number of benzene rings is 1. The number of hydrogen-bond acceptors (Lipinski definition) is 3. The Bertz CT molecular complexity index is 618. The Kier molecular flexibility index (Phi) is 6.89. The molecule has 7 heteroatoms. The molecular formula is C17H30N7+3. The average molecular weight is 332 g/mol.